The predicted octanol–water partition coefficient (Wildman–Crippen LogP) is 1.16. The van der Waals surface area contributed by atoms with Gasteiger partial charge < -0.3 is 9.80 Å². The lowest BCUT2D eigenvalue weighted by Gasteiger charge is -2.42. The van der Waals surface area contributed by atoms with Crippen LogP contribution < -0.4 is 0 Å². The highest BCUT2D eigenvalue weighted by molar-refractivity contribution is 6.29. The first-order chi connectivity index (χ1) is 10.0. The van der Waals surface area contributed by atoms with Crippen LogP contribution in [0.25, 0.3) is 0 Å². The van der Waals surface area contributed by atoms with E-state index in [-0.39, 0.29) is 30.9 Å². The number of carbonyl (C=O) groups excluding carboxylic acids is 2. The molecule has 7 heteroatoms. The van der Waals surface area contributed by atoms with Gasteiger partial charge in [-0.25, -0.2) is 9.97 Å². The van der Waals surface area contributed by atoms with Gasteiger partial charge >= 0.3 is 0 Å². The van der Waals surface area contributed by atoms with Crippen LogP contribution in [0.3, 0.4) is 0 Å². The lowest BCUT2D eigenvalue weighted by Crippen LogP contribution is -2.60. The number of piperazine rings is 1. The highest BCUT2D eigenvalue weighted by Crippen LogP contribution is 2.23. The Labute approximate surface area is 128 Å². The van der Waals surface area contributed by atoms with Crippen LogP contribution in [0.1, 0.15) is 30.8 Å². The molecule has 0 aliphatic carbocycles. The van der Waals surface area contributed by atoms with E-state index in [0.29, 0.717) is 17.5 Å². The van der Waals surface area contributed by atoms with Crippen LogP contribution in [0.5, 0.6) is 0 Å². The molecule has 2 saturated heterocycles. The lowest BCUT2D eigenvalue weighted by molar-refractivity contribution is -0.158. The smallest absolute Gasteiger partial charge is 0.246 e. The van der Waals surface area contributed by atoms with Gasteiger partial charge in [0.25, 0.3) is 0 Å². The first kappa shape index (κ1) is 14.3. The zero-order valence-electron chi connectivity index (χ0n) is 11.9. The third kappa shape index (κ3) is 2.85. The number of fused-ring (bicyclic) bond motifs is 1. The van der Waals surface area contributed by atoms with Gasteiger partial charge in [0.2, 0.25) is 11.8 Å². The molecule has 0 spiro atoms. The minimum atomic E-state index is -0.305. The molecule has 3 heterocycles. The van der Waals surface area contributed by atoms with E-state index < -0.39 is 0 Å². The quantitative estimate of drug-likeness (QED) is 0.769. The number of aryl methyl sites for hydroxylation is 1. The number of carbonyl (C=O) groups is 2. The van der Waals surface area contributed by atoms with Crippen molar-refractivity contribution in [2.45, 2.75) is 38.8 Å². The second kappa shape index (κ2) is 5.60. The van der Waals surface area contributed by atoms with Gasteiger partial charge in [-0.1, -0.05) is 11.6 Å². The van der Waals surface area contributed by atoms with E-state index in [0.717, 1.165) is 25.0 Å². The van der Waals surface area contributed by atoms with Crippen LogP contribution in [0.15, 0.2) is 6.07 Å². The summed E-state index contributed by atoms with van der Waals surface area (Å²) in [6.45, 7) is 2.85. The van der Waals surface area contributed by atoms with Gasteiger partial charge in [0.15, 0.2) is 0 Å². The van der Waals surface area contributed by atoms with Crippen LogP contribution in [-0.2, 0) is 16.1 Å². The van der Waals surface area contributed by atoms with Gasteiger partial charge in [0.05, 0.1) is 6.54 Å². The van der Waals surface area contributed by atoms with E-state index in [2.05, 4.69) is 9.97 Å². The molecule has 112 valence electrons. The number of hydrogen-bond donors (Lipinski definition) is 0. The summed E-state index contributed by atoms with van der Waals surface area (Å²) in [6, 6.07) is 1.36. The van der Waals surface area contributed by atoms with Gasteiger partial charge in [0, 0.05) is 12.2 Å². The van der Waals surface area contributed by atoms with Crippen molar-refractivity contribution in [2.75, 3.05) is 13.1 Å². The highest BCUT2D eigenvalue weighted by atomic mass is 35.5. The summed E-state index contributed by atoms with van der Waals surface area (Å²) in [6.07, 6.45) is 2.71. The fourth-order valence-electron chi connectivity index (χ4n) is 2.99. The molecule has 2 aliphatic rings. The molecule has 0 radical (unpaired) electrons. The molecule has 2 amide bonds. The lowest BCUT2D eigenvalue weighted by atomic mass is 9.98. The monoisotopic (exact) mass is 308 g/mol. The van der Waals surface area contributed by atoms with Crippen LogP contribution in [0.2, 0.25) is 5.15 Å². The summed E-state index contributed by atoms with van der Waals surface area (Å²) < 4.78 is 0. The fourth-order valence-corrected chi connectivity index (χ4v) is 3.25. The average molecular weight is 309 g/mol. The van der Waals surface area contributed by atoms with Crippen molar-refractivity contribution in [2.24, 2.45) is 0 Å². The van der Waals surface area contributed by atoms with Gasteiger partial charge in [-0.05, 0) is 32.3 Å². The SMILES string of the molecule is Cc1cc(Cl)nc(CN2CC(=O)N3CCCCC3C2=O)n1. The Morgan fingerprint density at radius 2 is 2.14 bits per heavy atom. The summed E-state index contributed by atoms with van der Waals surface area (Å²) in [7, 11) is 0. The molecule has 1 atom stereocenters. The Morgan fingerprint density at radius 1 is 1.33 bits per heavy atom. The topological polar surface area (TPSA) is 66.4 Å². The molecular formula is C14H17ClN4O2. The summed E-state index contributed by atoms with van der Waals surface area (Å²) in [5, 5.41) is 0.354. The molecule has 21 heavy (non-hydrogen) atoms. The third-order valence-electron chi connectivity index (χ3n) is 3.95. The van der Waals surface area contributed by atoms with Gasteiger partial charge in [-0.15, -0.1) is 0 Å². The molecule has 2 aliphatic heterocycles. The first-order valence-corrected chi connectivity index (χ1v) is 7.51. The molecule has 0 N–H and O–H groups in total. The molecule has 0 saturated carbocycles. The van der Waals surface area contributed by atoms with Crippen molar-refractivity contribution in [3.05, 3.63) is 22.7 Å². The second-order valence-electron chi connectivity index (χ2n) is 5.54. The Hall–Kier alpha value is -1.69. The average Bonchev–Trinajstić information content (AvgIpc) is 2.43. The Kier molecular flexibility index (Phi) is 3.80. The number of amides is 2. The van der Waals surface area contributed by atoms with E-state index >= 15 is 0 Å². The minimum Gasteiger partial charge on any atom is -0.329 e. The van der Waals surface area contributed by atoms with E-state index in [1.165, 1.54) is 0 Å². The maximum absolute atomic E-state index is 12.5. The van der Waals surface area contributed by atoms with E-state index in [1.807, 2.05) is 6.92 Å². The van der Waals surface area contributed by atoms with Crippen molar-refractivity contribution in [3.8, 4) is 0 Å². The Morgan fingerprint density at radius 3 is 2.90 bits per heavy atom. The standard InChI is InChI=1S/C14H17ClN4O2/c1-9-6-11(15)17-12(16-9)7-18-8-13(20)19-5-3-2-4-10(19)14(18)21/h6,10H,2-5,7-8H2,1H3. The number of nitrogens with zero attached hydrogens (tertiary/aromatic N) is 4. The maximum atomic E-state index is 12.5. The van der Waals surface area contributed by atoms with Crippen molar-refractivity contribution in [1.82, 2.24) is 19.8 Å². The molecule has 1 aromatic rings. The first-order valence-electron chi connectivity index (χ1n) is 7.13. The van der Waals surface area contributed by atoms with Gasteiger partial charge in [-0.2, -0.15) is 0 Å². The predicted molar refractivity (Wildman–Crippen MR) is 76.5 cm³/mol. The molecule has 2 fully saturated rings. The fraction of sp³-hybridized carbons (Fsp3) is 0.571. The molecule has 0 bridgehead atoms. The van der Waals surface area contributed by atoms with Gasteiger partial charge in [0.1, 0.15) is 23.6 Å². The van der Waals surface area contributed by atoms with Crippen molar-refractivity contribution >= 4 is 23.4 Å². The minimum absolute atomic E-state index is 0.00414. The molecule has 6 nitrogen and oxygen atoms in total. The number of rotatable bonds is 2. The largest absolute Gasteiger partial charge is 0.329 e. The zero-order chi connectivity index (χ0) is 15.0. The van der Waals surface area contributed by atoms with Crippen molar-refractivity contribution < 1.29 is 9.59 Å². The van der Waals surface area contributed by atoms with Crippen LogP contribution in [0.4, 0.5) is 0 Å². The molecule has 1 aromatic heterocycles. The molecular weight excluding hydrogens is 292 g/mol. The van der Waals surface area contributed by atoms with E-state index in [9.17, 15) is 9.59 Å². The molecule has 1 unspecified atom stereocenters. The second-order valence-corrected chi connectivity index (χ2v) is 5.93. The summed E-state index contributed by atoms with van der Waals surface area (Å²) in [4.78, 5) is 36.4. The number of hydrogen-bond acceptors (Lipinski definition) is 4. The zero-order valence-corrected chi connectivity index (χ0v) is 12.6. The highest BCUT2D eigenvalue weighted by Gasteiger charge is 2.40. The van der Waals surface area contributed by atoms with Crippen LogP contribution in [0, 0.1) is 6.92 Å². The Balaban J connectivity index is 1.79. The summed E-state index contributed by atoms with van der Waals surface area (Å²) in [5.41, 5.74) is 0.750. The van der Waals surface area contributed by atoms with Crippen molar-refractivity contribution in [1.29, 1.82) is 0 Å². The molecule has 0 aromatic carbocycles. The van der Waals surface area contributed by atoms with E-state index in [4.69, 9.17) is 11.6 Å². The summed E-state index contributed by atoms with van der Waals surface area (Å²) in [5.74, 6) is 0.485. The third-order valence-corrected chi connectivity index (χ3v) is 4.14. The molecule has 3 rings (SSSR count). The number of halogens is 1. The van der Waals surface area contributed by atoms with E-state index in [1.54, 1.807) is 15.9 Å². The van der Waals surface area contributed by atoms with Crippen molar-refractivity contribution in [3.63, 3.8) is 0 Å². The Bertz CT molecular complexity index is 572. The summed E-state index contributed by atoms with van der Waals surface area (Å²) >= 11 is 5.91. The number of aromatic nitrogens is 2. The van der Waals surface area contributed by atoms with Crippen LogP contribution >= 0.6 is 11.6 Å². The normalized spacial score (nSPS) is 22.5. The maximum Gasteiger partial charge on any atom is 0.246 e. The van der Waals surface area contributed by atoms with Crippen LogP contribution in [-0.4, -0.2) is 50.7 Å². The van der Waals surface area contributed by atoms with Gasteiger partial charge in [-0.3, -0.25) is 9.59 Å². The number of piperidine rings is 1.